The molecule has 128 valence electrons. The average Bonchev–Trinajstić information content (AvgIpc) is 2.53. The predicted molar refractivity (Wildman–Crippen MR) is 87.0 cm³/mol. The number of rotatable bonds is 5. The lowest BCUT2D eigenvalue weighted by Gasteiger charge is -2.35. The van der Waals surface area contributed by atoms with Gasteiger partial charge in [-0.25, -0.2) is 17.1 Å². The zero-order valence-electron chi connectivity index (χ0n) is 13.5. The Bertz CT molecular complexity index is 639. The van der Waals surface area contributed by atoms with Gasteiger partial charge in [0, 0.05) is 32.5 Å². The van der Waals surface area contributed by atoms with E-state index in [-0.39, 0.29) is 32.5 Å². The second-order valence-corrected chi connectivity index (χ2v) is 8.62. The Labute approximate surface area is 136 Å². The Kier molecular flexibility index (Phi) is 5.41. The number of hydrogen-bond donors (Lipinski definition) is 1. The van der Waals surface area contributed by atoms with Gasteiger partial charge in [0.25, 0.3) is 5.91 Å². The zero-order chi connectivity index (χ0) is 17.1. The molecule has 1 aromatic carbocycles. The number of carbonyl (C=O) groups excluding carboxylic acids is 1. The van der Waals surface area contributed by atoms with Gasteiger partial charge in [-0.05, 0) is 19.4 Å². The molecule has 1 N–H and O–H groups in total. The minimum absolute atomic E-state index is 0.0375. The van der Waals surface area contributed by atoms with Crippen molar-refractivity contribution in [3.63, 3.8) is 0 Å². The summed E-state index contributed by atoms with van der Waals surface area (Å²) >= 11 is 0. The van der Waals surface area contributed by atoms with E-state index in [4.69, 9.17) is 0 Å². The van der Waals surface area contributed by atoms with E-state index in [1.807, 2.05) is 30.3 Å². The third-order valence-electron chi connectivity index (χ3n) is 4.17. The molecule has 1 saturated heterocycles. The smallest absolute Gasteiger partial charge is 0.258 e. The van der Waals surface area contributed by atoms with Crippen molar-refractivity contribution >= 4 is 15.9 Å². The van der Waals surface area contributed by atoms with Crippen LogP contribution in [0.5, 0.6) is 0 Å². The maximum absolute atomic E-state index is 14.8. The van der Waals surface area contributed by atoms with E-state index in [9.17, 15) is 17.6 Å². The third-order valence-corrected chi connectivity index (χ3v) is 6.45. The first kappa shape index (κ1) is 17.9. The second-order valence-electron chi connectivity index (χ2n) is 6.13. The summed E-state index contributed by atoms with van der Waals surface area (Å²) in [5.41, 5.74) is -1.11. The Hall–Kier alpha value is -1.47. The van der Waals surface area contributed by atoms with Crippen LogP contribution in [0.2, 0.25) is 0 Å². The molecule has 0 radical (unpaired) electrons. The minimum atomic E-state index is -3.40. The van der Waals surface area contributed by atoms with Crippen LogP contribution < -0.4 is 5.32 Å². The van der Waals surface area contributed by atoms with E-state index >= 15 is 0 Å². The van der Waals surface area contributed by atoms with Crippen molar-refractivity contribution in [2.45, 2.75) is 44.2 Å². The fourth-order valence-electron chi connectivity index (χ4n) is 2.56. The Morgan fingerprint density at radius 3 is 2.35 bits per heavy atom. The Morgan fingerprint density at radius 1 is 1.26 bits per heavy atom. The van der Waals surface area contributed by atoms with Gasteiger partial charge in [-0.2, -0.15) is 0 Å². The number of hydrogen-bond acceptors (Lipinski definition) is 3. The number of carbonyl (C=O) groups is 1. The van der Waals surface area contributed by atoms with Crippen LogP contribution in [0.25, 0.3) is 0 Å². The van der Waals surface area contributed by atoms with Crippen LogP contribution in [-0.4, -0.2) is 42.6 Å². The van der Waals surface area contributed by atoms with Gasteiger partial charge >= 0.3 is 0 Å². The summed E-state index contributed by atoms with van der Waals surface area (Å²) in [7, 11) is -3.40. The number of piperidine rings is 1. The van der Waals surface area contributed by atoms with E-state index < -0.39 is 26.8 Å². The zero-order valence-corrected chi connectivity index (χ0v) is 14.3. The lowest BCUT2D eigenvalue weighted by Crippen LogP contribution is -2.52. The number of halogens is 1. The van der Waals surface area contributed by atoms with E-state index in [1.54, 1.807) is 13.8 Å². The lowest BCUT2D eigenvalue weighted by atomic mass is 9.93. The quantitative estimate of drug-likeness (QED) is 0.888. The van der Waals surface area contributed by atoms with Crippen molar-refractivity contribution in [1.82, 2.24) is 9.62 Å². The monoisotopic (exact) mass is 342 g/mol. The molecule has 1 aromatic rings. The van der Waals surface area contributed by atoms with Crippen LogP contribution in [0.3, 0.4) is 0 Å². The lowest BCUT2D eigenvalue weighted by molar-refractivity contribution is -0.135. The molecule has 5 nitrogen and oxygen atoms in total. The summed E-state index contributed by atoms with van der Waals surface area (Å²) in [6.07, 6.45) is -0.223. The third kappa shape index (κ3) is 4.09. The van der Waals surface area contributed by atoms with Crippen LogP contribution in [-0.2, 0) is 21.4 Å². The first-order valence-electron chi connectivity index (χ1n) is 7.76. The first-order valence-corrected chi connectivity index (χ1v) is 9.26. The van der Waals surface area contributed by atoms with E-state index in [1.165, 1.54) is 4.31 Å². The first-order chi connectivity index (χ1) is 10.8. The van der Waals surface area contributed by atoms with Crippen molar-refractivity contribution < 1.29 is 17.6 Å². The van der Waals surface area contributed by atoms with E-state index in [2.05, 4.69) is 5.32 Å². The highest BCUT2D eigenvalue weighted by atomic mass is 32.2. The van der Waals surface area contributed by atoms with Crippen molar-refractivity contribution in [1.29, 1.82) is 0 Å². The van der Waals surface area contributed by atoms with Gasteiger partial charge in [0.1, 0.15) is 0 Å². The summed E-state index contributed by atoms with van der Waals surface area (Å²) in [4.78, 5) is 12.1. The standard InChI is InChI=1S/C16H23FN2O3S/c1-13(2)23(21,22)19-10-8-16(17,9-11-19)15(20)18-12-14-6-4-3-5-7-14/h3-7,13H,8-12H2,1-2H3,(H,18,20). The van der Waals surface area contributed by atoms with Crippen molar-refractivity contribution in [2.75, 3.05) is 13.1 Å². The number of amides is 1. The summed E-state index contributed by atoms with van der Waals surface area (Å²) in [5, 5.41) is 2.06. The largest absolute Gasteiger partial charge is 0.349 e. The van der Waals surface area contributed by atoms with Gasteiger partial charge in [0.15, 0.2) is 5.67 Å². The maximum atomic E-state index is 14.8. The molecule has 0 aliphatic carbocycles. The van der Waals surface area contributed by atoms with Crippen molar-refractivity contribution in [2.24, 2.45) is 0 Å². The van der Waals surface area contributed by atoms with Crippen LogP contribution in [0.4, 0.5) is 4.39 Å². The van der Waals surface area contributed by atoms with E-state index in [0.29, 0.717) is 0 Å². The number of nitrogens with one attached hydrogen (secondary N) is 1. The van der Waals surface area contributed by atoms with Gasteiger partial charge in [0.2, 0.25) is 10.0 Å². The topological polar surface area (TPSA) is 66.5 Å². The van der Waals surface area contributed by atoms with Crippen molar-refractivity contribution in [3.05, 3.63) is 35.9 Å². The van der Waals surface area contributed by atoms with Crippen LogP contribution >= 0.6 is 0 Å². The highest BCUT2D eigenvalue weighted by Crippen LogP contribution is 2.29. The van der Waals surface area contributed by atoms with Crippen LogP contribution in [0.1, 0.15) is 32.3 Å². The summed E-state index contributed by atoms with van der Waals surface area (Å²) < 4.78 is 40.2. The van der Waals surface area contributed by atoms with E-state index in [0.717, 1.165) is 5.56 Å². The molecule has 7 heteroatoms. The van der Waals surface area contributed by atoms with Crippen LogP contribution in [0, 0.1) is 0 Å². The average molecular weight is 342 g/mol. The highest BCUT2D eigenvalue weighted by molar-refractivity contribution is 7.89. The van der Waals surface area contributed by atoms with Gasteiger partial charge in [0.05, 0.1) is 5.25 Å². The van der Waals surface area contributed by atoms with Crippen molar-refractivity contribution in [3.8, 4) is 0 Å². The minimum Gasteiger partial charge on any atom is -0.349 e. The second kappa shape index (κ2) is 6.97. The molecular formula is C16H23FN2O3S. The number of benzene rings is 1. The molecule has 0 saturated carbocycles. The number of nitrogens with zero attached hydrogens (tertiary/aromatic N) is 1. The summed E-state index contributed by atoms with van der Waals surface area (Å²) in [6, 6.07) is 9.27. The number of sulfonamides is 1. The normalized spacial score (nSPS) is 18.8. The fourth-order valence-corrected chi connectivity index (χ4v) is 3.84. The maximum Gasteiger partial charge on any atom is 0.258 e. The Morgan fingerprint density at radius 2 is 1.83 bits per heavy atom. The Balaban J connectivity index is 1.92. The molecule has 0 unspecified atom stereocenters. The van der Waals surface area contributed by atoms with Gasteiger partial charge in [-0.3, -0.25) is 4.79 Å². The van der Waals surface area contributed by atoms with Gasteiger partial charge in [-0.15, -0.1) is 0 Å². The van der Waals surface area contributed by atoms with Crippen LogP contribution in [0.15, 0.2) is 30.3 Å². The molecule has 0 spiro atoms. The molecule has 1 aliphatic heterocycles. The molecule has 2 rings (SSSR count). The number of alkyl halides is 1. The molecule has 0 atom stereocenters. The SMILES string of the molecule is CC(C)S(=O)(=O)N1CCC(F)(C(=O)NCc2ccccc2)CC1. The predicted octanol–water partition coefficient (Wildman–Crippen LogP) is 1.85. The molecular weight excluding hydrogens is 319 g/mol. The molecule has 1 heterocycles. The summed E-state index contributed by atoms with van der Waals surface area (Å²) in [5.74, 6) is -0.664. The van der Waals surface area contributed by atoms with Gasteiger partial charge in [-0.1, -0.05) is 30.3 Å². The molecule has 1 amide bonds. The molecule has 1 fully saturated rings. The molecule has 1 aliphatic rings. The molecule has 0 bridgehead atoms. The van der Waals surface area contributed by atoms with Gasteiger partial charge < -0.3 is 5.32 Å². The fraction of sp³-hybridized carbons (Fsp3) is 0.562. The molecule has 0 aromatic heterocycles. The summed E-state index contributed by atoms with van der Waals surface area (Å²) in [6.45, 7) is 3.53. The highest BCUT2D eigenvalue weighted by Gasteiger charge is 2.44. The molecule has 23 heavy (non-hydrogen) atoms.